The molecule has 0 atom stereocenters. The molecule has 4 heteroatoms. The molecule has 2 aliphatic carbocycles. The molecule has 3 rings (SSSR count). The Morgan fingerprint density at radius 1 is 1.28 bits per heavy atom. The van der Waals surface area contributed by atoms with Crippen LogP contribution < -0.4 is 0 Å². The highest BCUT2D eigenvalue weighted by molar-refractivity contribution is 9.10. The predicted octanol–water partition coefficient (Wildman–Crippen LogP) is 3.58. The van der Waals surface area contributed by atoms with E-state index in [1.54, 1.807) is 0 Å². The maximum absolute atomic E-state index is 12.6. The molecule has 1 N–H and O–H groups in total. The zero-order valence-corrected chi connectivity index (χ0v) is 11.5. The molecule has 2 aliphatic rings. The monoisotopic (exact) mass is 307 g/mol. The highest BCUT2D eigenvalue weighted by Crippen LogP contribution is 2.47. The van der Waals surface area contributed by atoms with Gasteiger partial charge >= 0.3 is 0 Å². The van der Waals surface area contributed by atoms with Gasteiger partial charge in [-0.1, -0.05) is 27.2 Å². The molecule has 0 radical (unpaired) electrons. The lowest BCUT2D eigenvalue weighted by atomic mass is 9.71. The third-order valence-corrected chi connectivity index (χ3v) is 4.75. The molecule has 0 aromatic heterocycles. The molecule has 0 saturated heterocycles. The predicted molar refractivity (Wildman–Crippen MR) is 72.3 cm³/mol. The van der Waals surface area contributed by atoms with Gasteiger partial charge in [-0.2, -0.15) is 0 Å². The minimum atomic E-state index is -0.239. The number of fused-ring (bicyclic) bond motifs is 1. The first-order chi connectivity index (χ1) is 8.64. The van der Waals surface area contributed by atoms with Gasteiger partial charge in [0, 0.05) is 15.5 Å². The van der Waals surface area contributed by atoms with Gasteiger partial charge in [0.1, 0.15) is 0 Å². The summed E-state index contributed by atoms with van der Waals surface area (Å²) in [6.45, 7) is 0. The number of oxime groups is 1. The molecule has 94 valence electrons. The van der Waals surface area contributed by atoms with E-state index in [9.17, 15) is 4.79 Å². The Balaban J connectivity index is 1.93. The lowest BCUT2D eigenvalue weighted by Gasteiger charge is -2.31. The van der Waals surface area contributed by atoms with Crippen LogP contribution in [0, 0.1) is 5.41 Å². The average molecular weight is 308 g/mol. The fourth-order valence-corrected chi connectivity index (χ4v) is 3.53. The van der Waals surface area contributed by atoms with Crippen LogP contribution in [-0.4, -0.2) is 16.7 Å². The van der Waals surface area contributed by atoms with Crippen molar-refractivity contribution in [1.29, 1.82) is 0 Å². The van der Waals surface area contributed by atoms with Crippen molar-refractivity contribution in [3.8, 4) is 0 Å². The fraction of sp³-hybridized carbons (Fsp3) is 0.429. The minimum absolute atomic E-state index is 0.239. The van der Waals surface area contributed by atoms with Gasteiger partial charge < -0.3 is 5.21 Å². The molecule has 1 spiro atoms. The number of halogens is 1. The van der Waals surface area contributed by atoms with Crippen molar-refractivity contribution in [1.82, 2.24) is 0 Å². The van der Waals surface area contributed by atoms with E-state index < -0.39 is 0 Å². The van der Waals surface area contributed by atoms with Crippen LogP contribution in [0.4, 0.5) is 0 Å². The van der Waals surface area contributed by atoms with Gasteiger partial charge in [-0.05, 0) is 49.8 Å². The maximum Gasteiger partial charge on any atom is 0.169 e. The third kappa shape index (κ3) is 1.70. The maximum atomic E-state index is 12.6. The Hall–Kier alpha value is -1.16. The molecule has 1 saturated carbocycles. The first-order valence-corrected chi connectivity index (χ1v) is 6.97. The molecule has 3 nitrogen and oxygen atoms in total. The van der Waals surface area contributed by atoms with Crippen LogP contribution in [0.25, 0.3) is 0 Å². The topological polar surface area (TPSA) is 49.7 Å². The Morgan fingerprint density at radius 3 is 2.67 bits per heavy atom. The molecule has 1 aromatic carbocycles. The number of nitrogens with zero attached hydrogens (tertiary/aromatic N) is 1. The van der Waals surface area contributed by atoms with Crippen molar-refractivity contribution in [2.24, 2.45) is 10.6 Å². The van der Waals surface area contributed by atoms with Crippen LogP contribution >= 0.6 is 15.9 Å². The van der Waals surface area contributed by atoms with Crippen LogP contribution in [0.5, 0.6) is 0 Å². The second-order valence-corrected chi connectivity index (χ2v) is 6.17. The zero-order chi connectivity index (χ0) is 12.8. The Labute approximate surface area is 114 Å². The highest BCUT2D eigenvalue weighted by atomic mass is 79.9. The molecule has 0 aliphatic heterocycles. The lowest BCUT2D eigenvalue weighted by molar-refractivity contribution is 0.0783. The standard InChI is InChI=1S/C14H14BrNO2/c15-10-2-1-9-8-14(13(17)12(9)7-10)5-3-11(16-18)4-6-14/h1-2,7,18H,3-6,8H2. The van der Waals surface area contributed by atoms with Gasteiger partial charge in [-0.25, -0.2) is 0 Å². The normalized spacial score (nSPS) is 26.5. The molecule has 18 heavy (non-hydrogen) atoms. The number of benzene rings is 1. The quantitative estimate of drug-likeness (QED) is 0.588. The van der Waals surface area contributed by atoms with Crippen molar-refractivity contribution in [2.75, 3.05) is 0 Å². The van der Waals surface area contributed by atoms with Gasteiger partial charge in [0.15, 0.2) is 5.78 Å². The van der Waals surface area contributed by atoms with Crippen LogP contribution in [0.3, 0.4) is 0 Å². The van der Waals surface area contributed by atoms with E-state index in [2.05, 4.69) is 21.1 Å². The van der Waals surface area contributed by atoms with Crippen molar-refractivity contribution >= 4 is 27.4 Å². The summed E-state index contributed by atoms with van der Waals surface area (Å²) in [5.41, 5.74) is 2.61. The van der Waals surface area contributed by atoms with E-state index >= 15 is 0 Å². The number of ketones is 1. The van der Waals surface area contributed by atoms with Gasteiger partial charge in [0.05, 0.1) is 5.71 Å². The molecular weight excluding hydrogens is 294 g/mol. The van der Waals surface area contributed by atoms with Gasteiger partial charge in [-0.3, -0.25) is 4.79 Å². The highest BCUT2D eigenvalue weighted by Gasteiger charge is 2.46. The van der Waals surface area contributed by atoms with E-state index in [1.807, 2.05) is 18.2 Å². The molecule has 0 amide bonds. The summed E-state index contributed by atoms with van der Waals surface area (Å²) in [6.07, 6.45) is 3.91. The van der Waals surface area contributed by atoms with E-state index in [0.717, 1.165) is 53.4 Å². The number of hydrogen-bond donors (Lipinski definition) is 1. The Morgan fingerprint density at radius 2 is 2.00 bits per heavy atom. The van der Waals surface area contributed by atoms with Crippen LogP contribution in [-0.2, 0) is 6.42 Å². The summed E-state index contributed by atoms with van der Waals surface area (Å²) >= 11 is 3.42. The van der Waals surface area contributed by atoms with Crippen LogP contribution in [0.15, 0.2) is 27.8 Å². The van der Waals surface area contributed by atoms with Crippen LogP contribution in [0.2, 0.25) is 0 Å². The third-order valence-electron chi connectivity index (χ3n) is 4.25. The van der Waals surface area contributed by atoms with Crippen molar-refractivity contribution in [3.05, 3.63) is 33.8 Å². The van der Waals surface area contributed by atoms with E-state index in [-0.39, 0.29) is 11.2 Å². The number of carbonyl (C=O) groups is 1. The van der Waals surface area contributed by atoms with Gasteiger partial charge in [0.25, 0.3) is 0 Å². The minimum Gasteiger partial charge on any atom is -0.411 e. The molecular formula is C14H14BrNO2. The smallest absolute Gasteiger partial charge is 0.169 e. The Bertz CT molecular complexity index is 541. The molecule has 0 bridgehead atoms. The lowest BCUT2D eigenvalue weighted by Crippen LogP contribution is -2.33. The summed E-state index contributed by atoms with van der Waals surface area (Å²) in [5.74, 6) is 0.274. The molecule has 1 fully saturated rings. The van der Waals surface area contributed by atoms with Crippen molar-refractivity contribution in [2.45, 2.75) is 32.1 Å². The first kappa shape index (κ1) is 11.9. The van der Waals surface area contributed by atoms with Gasteiger partial charge in [-0.15, -0.1) is 0 Å². The second kappa shape index (κ2) is 4.19. The fourth-order valence-electron chi connectivity index (χ4n) is 3.17. The van der Waals surface area contributed by atoms with Gasteiger partial charge in [0.2, 0.25) is 0 Å². The summed E-state index contributed by atoms with van der Waals surface area (Å²) in [5, 5.41) is 12.1. The van der Waals surface area contributed by atoms with Crippen LogP contribution in [0.1, 0.15) is 41.6 Å². The van der Waals surface area contributed by atoms with Crippen molar-refractivity contribution in [3.63, 3.8) is 0 Å². The number of hydrogen-bond acceptors (Lipinski definition) is 3. The number of rotatable bonds is 0. The second-order valence-electron chi connectivity index (χ2n) is 5.25. The van der Waals surface area contributed by atoms with E-state index in [4.69, 9.17) is 5.21 Å². The van der Waals surface area contributed by atoms with E-state index in [0.29, 0.717) is 0 Å². The Kier molecular flexibility index (Phi) is 2.77. The number of carbonyl (C=O) groups excluding carboxylic acids is 1. The summed E-state index contributed by atoms with van der Waals surface area (Å²) in [6, 6.07) is 5.97. The molecule has 0 heterocycles. The summed E-state index contributed by atoms with van der Waals surface area (Å²) < 4.78 is 0.958. The zero-order valence-electron chi connectivity index (χ0n) is 9.95. The SMILES string of the molecule is O=C1c2cc(Br)ccc2CC12CCC(=NO)CC2. The molecule has 1 aromatic rings. The molecule has 0 unspecified atom stereocenters. The number of Topliss-reactive ketones (excluding diaryl/α,β-unsaturated/α-hetero) is 1. The van der Waals surface area contributed by atoms with Crippen molar-refractivity contribution < 1.29 is 10.0 Å². The summed E-state index contributed by atoms with van der Waals surface area (Å²) in [7, 11) is 0. The average Bonchev–Trinajstić information content (AvgIpc) is 2.65. The largest absolute Gasteiger partial charge is 0.411 e. The van der Waals surface area contributed by atoms with E-state index in [1.165, 1.54) is 0 Å². The first-order valence-electron chi connectivity index (χ1n) is 6.18. The summed E-state index contributed by atoms with van der Waals surface area (Å²) in [4.78, 5) is 12.6.